The molecule has 0 saturated carbocycles. The van der Waals surface area contributed by atoms with E-state index in [1.807, 2.05) is 30.3 Å². The van der Waals surface area contributed by atoms with Crippen LogP contribution < -0.4 is 0 Å². The Balaban J connectivity index is 2.44. The van der Waals surface area contributed by atoms with Gasteiger partial charge in [-0.05, 0) is 34.3 Å². The van der Waals surface area contributed by atoms with Gasteiger partial charge in [-0.1, -0.05) is 90.1 Å². The topological polar surface area (TPSA) is 96.7 Å². The number of nitrogens with zero attached hydrogens (tertiary/aromatic N) is 3. The minimum Gasteiger partial charge on any atom is -0.411 e. The minimum absolute atomic E-state index is 0.0545. The van der Waals surface area contributed by atoms with Gasteiger partial charge in [0.1, 0.15) is 20.2 Å². The Morgan fingerprint density at radius 2 is 1.64 bits per heavy atom. The second-order valence-corrected chi connectivity index (χ2v) is 22.4. The molecule has 186 valence electrons. The first-order chi connectivity index (χ1) is 15.0. The van der Waals surface area contributed by atoms with Gasteiger partial charge in [0.25, 0.3) is 0 Å². The number of benzene rings is 1. The Bertz CT molecular complexity index is 846. The van der Waals surface area contributed by atoms with Crippen LogP contribution in [0.4, 0.5) is 0 Å². The molecule has 1 heterocycles. The van der Waals surface area contributed by atoms with Crippen LogP contribution in [0.1, 0.15) is 47.1 Å². The summed E-state index contributed by atoms with van der Waals surface area (Å²) in [6.07, 6.45) is -1.13. The van der Waals surface area contributed by atoms with E-state index in [2.05, 4.69) is 77.8 Å². The number of rotatable bonds is 8. The summed E-state index contributed by atoms with van der Waals surface area (Å²) < 4.78 is 19.2. The highest BCUT2D eigenvalue weighted by atomic mass is 28.4. The van der Waals surface area contributed by atoms with Gasteiger partial charge in [0.2, 0.25) is 0 Å². The van der Waals surface area contributed by atoms with Crippen LogP contribution in [0, 0.1) is 0 Å². The number of azide groups is 1. The number of aliphatic hydroxyl groups is 1. The van der Waals surface area contributed by atoms with Gasteiger partial charge in [-0.3, -0.25) is 0 Å². The third-order valence-electron chi connectivity index (χ3n) is 7.99. The third-order valence-corrected chi connectivity index (χ3v) is 18.4. The molecule has 1 aromatic rings. The molecule has 33 heavy (non-hydrogen) atoms. The standard InChI is InChI=1S/C24H43N3O4Si2/c1-22(2,3)32(7,8)24(28)21(26-27-25)20(31-33(9,10)23(4,5)6)19(30-24)17-29-16-18-14-12-11-13-15-18/h11-15,19-21,28H,16-17H2,1-10H3/t19-,20-,21-,24?/m1/s1. The summed E-state index contributed by atoms with van der Waals surface area (Å²) in [5.41, 5.74) is 8.93. The van der Waals surface area contributed by atoms with Crippen molar-refractivity contribution < 1.29 is 19.0 Å². The smallest absolute Gasteiger partial charge is 0.192 e. The van der Waals surface area contributed by atoms with E-state index >= 15 is 0 Å². The number of hydrogen-bond acceptors (Lipinski definition) is 5. The molecule has 0 aliphatic carbocycles. The van der Waals surface area contributed by atoms with Gasteiger partial charge >= 0.3 is 0 Å². The van der Waals surface area contributed by atoms with Gasteiger partial charge in [0, 0.05) is 4.91 Å². The van der Waals surface area contributed by atoms with Crippen molar-refractivity contribution in [2.24, 2.45) is 5.11 Å². The third kappa shape index (κ3) is 5.73. The Kier molecular flexibility index (Phi) is 8.34. The van der Waals surface area contributed by atoms with Crippen LogP contribution in [0.15, 0.2) is 35.4 Å². The molecular formula is C24H43N3O4Si2. The summed E-state index contributed by atoms with van der Waals surface area (Å²) in [6, 6.07) is 9.09. The largest absolute Gasteiger partial charge is 0.411 e. The number of ether oxygens (including phenoxy) is 2. The highest BCUT2D eigenvalue weighted by Gasteiger charge is 2.66. The molecule has 2 rings (SSSR count). The van der Waals surface area contributed by atoms with E-state index in [4.69, 9.17) is 13.9 Å². The maximum absolute atomic E-state index is 12.1. The lowest BCUT2D eigenvalue weighted by atomic mass is 10.1. The zero-order valence-corrected chi connectivity index (χ0v) is 24.0. The summed E-state index contributed by atoms with van der Waals surface area (Å²) in [6.45, 7) is 22.0. The zero-order valence-electron chi connectivity index (χ0n) is 22.0. The Hall–Kier alpha value is -1.20. The molecule has 1 aliphatic rings. The van der Waals surface area contributed by atoms with Gasteiger partial charge in [0.05, 0.1) is 19.3 Å². The summed E-state index contributed by atoms with van der Waals surface area (Å²) in [5.74, 6) is 0. The van der Waals surface area contributed by atoms with Gasteiger partial charge < -0.3 is 19.0 Å². The fourth-order valence-electron chi connectivity index (χ4n) is 3.70. The lowest BCUT2D eigenvalue weighted by molar-refractivity contribution is -0.159. The molecular weight excluding hydrogens is 450 g/mol. The second kappa shape index (κ2) is 9.81. The molecule has 0 radical (unpaired) electrons. The molecule has 7 nitrogen and oxygen atoms in total. The summed E-state index contributed by atoms with van der Waals surface area (Å²) >= 11 is 0. The molecule has 1 aliphatic heterocycles. The predicted octanol–water partition coefficient (Wildman–Crippen LogP) is 6.41. The van der Waals surface area contributed by atoms with E-state index in [1.54, 1.807) is 0 Å². The molecule has 4 atom stereocenters. The van der Waals surface area contributed by atoms with Crippen molar-refractivity contribution >= 4 is 16.4 Å². The SMILES string of the molecule is CC(C)(C)[Si](C)(C)O[C@H]1[C@@H](N=[N+]=[N-])C(O)([Si](C)(C)C(C)(C)C)O[C@@H]1COCc1ccccc1. The molecule has 1 fully saturated rings. The highest BCUT2D eigenvalue weighted by Crippen LogP contribution is 2.51. The Morgan fingerprint density at radius 1 is 1.06 bits per heavy atom. The van der Waals surface area contributed by atoms with E-state index < -0.39 is 40.1 Å². The van der Waals surface area contributed by atoms with E-state index in [9.17, 15) is 10.6 Å². The fourth-order valence-corrected chi connectivity index (χ4v) is 7.50. The molecule has 1 unspecified atom stereocenters. The maximum atomic E-state index is 12.1. The monoisotopic (exact) mass is 493 g/mol. The van der Waals surface area contributed by atoms with Gasteiger partial charge in [0.15, 0.2) is 13.7 Å². The lowest BCUT2D eigenvalue weighted by Gasteiger charge is -2.48. The van der Waals surface area contributed by atoms with E-state index in [1.165, 1.54) is 0 Å². The molecule has 0 bridgehead atoms. The quantitative estimate of drug-likeness (QED) is 0.196. The molecule has 0 spiro atoms. The van der Waals surface area contributed by atoms with Crippen molar-refractivity contribution in [2.75, 3.05) is 6.61 Å². The fraction of sp³-hybridized carbons (Fsp3) is 0.750. The van der Waals surface area contributed by atoms with Crippen LogP contribution in [0.5, 0.6) is 0 Å². The Labute approximate surface area is 201 Å². The first-order valence-electron chi connectivity index (χ1n) is 11.7. The van der Waals surface area contributed by atoms with Crippen LogP contribution in [0.2, 0.25) is 36.3 Å². The van der Waals surface area contributed by atoms with Crippen molar-refractivity contribution in [3.05, 3.63) is 46.3 Å². The maximum Gasteiger partial charge on any atom is 0.192 e. The Morgan fingerprint density at radius 3 is 2.12 bits per heavy atom. The molecule has 1 aromatic carbocycles. The molecule has 0 aromatic heterocycles. The average Bonchev–Trinajstić information content (AvgIpc) is 2.94. The lowest BCUT2D eigenvalue weighted by Crippen LogP contribution is -2.65. The van der Waals surface area contributed by atoms with E-state index in [0.29, 0.717) is 6.61 Å². The normalized spacial score (nSPS) is 26.8. The molecule has 1 N–H and O–H groups in total. The van der Waals surface area contributed by atoms with Crippen LogP contribution in [-0.4, -0.2) is 51.8 Å². The number of hydrogen-bond donors (Lipinski definition) is 1. The van der Waals surface area contributed by atoms with Gasteiger partial charge in [-0.15, -0.1) is 0 Å². The first-order valence-corrected chi connectivity index (χ1v) is 17.6. The molecule has 9 heteroatoms. The van der Waals surface area contributed by atoms with Crippen LogP contribution in [0.3, 0.4) is 0 Å². The van der Waals surface area contributed by atoms with Gasteiger partial charge in [-0.25, -0.2) is 0 Å². The van der Waals surface area contributed by atoms with Crippen molar-refractivity contribution in [1.29, 1.82) is 0 Å². The van der Waals surface area contributed by atoms with Crippen LogP contribution in [0.25, 0.3) is 10.4 Å². The first kappa shape index (κ1) is 28.0. The summed E-state index contributed by atoms with van der Waals surface area (Å²) in [4.78, 5) is 3.12. The zero-order chi connectivity index (χ0) is 25.3. The van der Waals surface area contributed by atoms with E-state index in [-0.39, 0.29) is 16.7 Å². The minimum atomic E-state index is -2.56. The van der Waals surface area contributed by atoms with Crippen LogP contribution in [-0.2, 0) is 20.5 Å². The summed E-state index contributed by atoms with van der Waals surface area (Å²) in [7, 11) is -4.82. The van der Waals surface area contributed by atoms with Crippen molar-refractivity contribution in [3.8, 4) is 0 Å². The average molecular weight is 494 g/mol. The molecule has 1 saturated heterocycles. The van der Waals surface area contributed by atoms with E-state index in [0.717, 1.165) is 5.56 Å². The van der Waals surface area contributed by atoms with Crippen molar-refractivity contribution in [3.63, 3.8) is 0 Å². The predicted molar refractivity (Wildman–Crippen MR) is 138 cm³/mol. The van der Waals surface area contributed by atoms with Gasteiger partial charge in [-0.2, -0.15) is 0 Å². The van der Waals surface area contributed by atoms with Crippen LogP contribution >= 0.6 is 0 Å². The molecule has 0 amide bonds. The summed E-state index contributed by atoms with van der Waals surface area (Å²) in [5, 5.41) is 15.9. The van der Waals surface area contributed by atoms with Crippen molar-refractivity contribution in [1.82, 2.24) is 0 Å². The highest BCUT2D eigenvalue weighted by molar-refractivity contribution is 6.82. The second-order valence-electron chi connectivity index (χ2n) is 12.2. The van der Waals surface area contributed by atoms with Crippen molar-refractivity contribution in [2.45, 2.75) is 108 Å².